The monoisotopic (exact) mass is 256 g/mol. The SMILES string of the molecule is CN(Cc1ccc(Br)cc1)C(N)=NN. The normalized spacial score (nSPS) is 11.4. The van der Waals surface area contributed by atoms with Crippen LogP contribution in [0.25, 0.3) is 0 Å². The predicted octanol–water partition coefficient (Wildman–Crippen LogP) is 1.07. The molecule has 1 rings (SSSR count). The van der Waals surface area contributed by atoms with E-state index in [1.165, 1.54) is 0 Å². The average Bonchev–Trinajstić information content (AvgIpc) is 2.20. The predicted molar refractivity (Wildman–Crippen MR) is 61.4 cm³/mol. The molecule has 0 saturated carbocycles. The Hall–Kier alpha value is -1.23. The van der Waals surface area contributed by atoms with Gasteiger partial charge in [-0.15, -0.1) is 5.10 Å². The second-order valence-corrected chi connectivity index (χ2v) is 3.89. The Kier molecular flexibility index (Phi) is 3.76. The molecule has 0 fully saturated rings. The highest BCUT2D eigenvalue weighted by Crippen LogP contribution is 2.11. The fourth-order valence-corrected chi connectivity index (χ4v) is 1.31. The van der Waals surface area contributed by atoms with Crippen LogP contribution in [-0.2, 0) is 6.54 Å². The molecule has 1 aromatic carbocycles. The highest BCUT2D eigenvalue weighted by atomic mass is 79.9. The van der Waals surface area contributed by atoms with Crippen molar-refractivity contribution in [3.63, 3.8) is 0 Å². The standard InChI is InChI=1S/C9H13BrN4/c1-14(9(11)13-12)6-7-2-4-8(10)5-3-7/h2-5H,6,12H2,1H3,(H2,11,13). The first-order valence-electron chi connectivity index (χ1n) is 4.12. The van der Waals surface area contributed by atoms with Crippen LogP contribution in [0.3, 0.4) is 0 Å². The molecular weight excluding hydrogens is 244 g/mol. The lowest BCUT2D eigenvalue weighted by Crippen LogP contribution is -2.34. The van der Waals surface area contributed by atoms with Crippen LogP contribution in [0.15, 0.2) is 33.8 Å². The summed E-state index contributed by atoms with van der Waals surface area (Å²) in [5, 5.41) is 3.41. The third-order valence-electron chi connectivity index (χ3n) is 1.86. The summed E-state index contributed by atoms with van der Waals surface area (Å²) >= 11 is 3.37. The molecule has 1 aromatic rings. The zero-order chi connectivity index (χ0) is 10.6. The van der Waals surface area contributed by atoms with Gasteiger partial charge in [0.05, 0.1) is 0 Å². The van der Waals surface area contributed by atoms with E-state index in [9.17, 15) is 0 Å². The largest absolute Gasteiger partial charge is 0.368 e. The van der Waals surface area contributed by atoms with Gasteiger partial charge < -0.3 is 16.5 Å². The van der Waals surface area contributed by atoms with Gasteiger partial charge >= 0.3 is 0 Å². The highest BCUT2D eigenvalue weighted by molar-refractivity contribution is 9.10. The van der Waals surface area contributed by atoms with Crippen molar-refractivity contribution in [2.75, 3.05) is 7.05 Å². The van der Waals surface area contributed by atoms with Crippen molar-refractivity contribution in [3.8, 4) is 0 Å². The maximum Gasteiger partial charge on any atom is 0.213 e. The number of nitrogens with zero attached hydrogens (tertiary/aromatic N) is 2. The van der Waals surface area contributed by atoms with Gasteiger partial charge in [0.15, 0.2) is 0 Å². The smallest absolute Gasteiger partial charge is 0.213 e. The van der Waals surface area contributed by atoms with Crippen molar-refractivity contribution < 1.29 is 0 Å². The van der Waals surface area contributed by atoms with Crippen LogP contribution in [0.2, 0.25) is 0 Å². The molecule has 0 atom stereocenters. The molecule has 0 amide bonds. The number of hydrazone groups is 1. The molecule has 0 bridgehead atoms. The maximum atomic E-state index is 5.54. The summed E-state index contributed by atoms with van der Waals surface area (Å²) < 4.78 is 1.06. The van der Waals surface area contributed by atoms with Crippen LogP contribution in [0.4, 0.5) is 0 Å². The van der Waals surface area contributed by atoms with Crippen molar-refractivity contribution >= 4 is 21.9 Å². The van der Waals surface area contributed by atoms with Gasteiger partial charge in [-0.05, 0) is 17.7 Å². The van der Waals surface area contributed by atoms with Crippen molar-refractivity contribution in [3.05, 3.63) is 34.3 Å². The van der Waals surface area contributed by atoms with Gasteiger partial charge in [0, 0.05) is 18.1 Å². The maximum absolute atomic E-state index is 5.54. The first-order valence-corrected chi connectivity index (χ1v) is 4.91. The molecule has 0 heterocycles. The molecule has 0 aromatic heterocycles. The Bertz CT molecular complexity index is 320. The van der Waals surface area contributed by atoms with E-state index in [1.807, 2.05) is 31.3 Å². The molecule has 76 valence electrons. The number of halogens is 1. The summed E-state index contributed by atoms with van der Waals surface area (Å²) in [6, 6.07) is 8.01. The minimum absolute atomic E-state index is 0.327. The number of rotatable bonds is 2. The molecule has 0 radical (unpaired) electrons. The summed E-state index contributed by atoms with van der Waals surface area (Å²) in [6.07, 6.45) is 0. The summed E-state index contributed by atoms with van der Waals surface area (Å²) in [6.45, 7) is 0.694. The van der Waals surface area contributed by atoms with Gasteiger partial charge in [0.1, 0.15) is 0 Å². The first-order chi connectivity index (χ1) is 6.63. The molecule has 14 heavy (non-hydrogen) atoms. The summed E-state index contributed by atoms with van der Waals surface area (Å²) in [4.78, 5) is 1.78. The third-order valence-corrected chi connectivity index (χ3v) is 2.39. The van der Waals surface area contributed by atoms with Crippen molar-refractivity contribution in [1.82, 2.24) is 4.90 Å². The Morgan fingerprint density at radius 2 is 2.00 bits per heavy atom. The molecule has 5 heteroatoms. The number of benzene rings is 1. The molecule has 4 N–H and O–H groups in total. The Morgan fingerprint density at radius 3 is 2.50 bits per heavy atom. The topological polar surface area (TPSA) is 67.6 Å². The Labute approximate surface area is 91.7 Å². The van der Waals surface area contributed by atoms with E-state index < -0.39 is 0 Å². The lowest BCUT2D eigenvalue weighted by Gasteiger charge is -2.16. The zero-order valence-electron chi connectivity index (χ0n) is 7.94. The number of hydrogen-bond donors (Lipinski definition) is 2. The molecule has 0 aliphatic rings. The molecule has 0 spiro atoms. The fraction of sp³-hybridized carbons (Fsp3) is 0.222. The molecule has 0 saturated heterocycles. The van der Waals surface area contributed by atoms with E-state index in [0.717, 1.165) is 10.0 Å². The fourth-order valence-electron chi connectivity index (χ4n) is 1.04. The van der Waals surface area contributed by atoms with Gasteiger partial charge in [0.25, 0.3) is 0 Å². The summed E-state index contributed by atoms with van der Waals surface area (Å²) in [5.41, 5.74) is 6.69. The zero-order valence-corrected chi connectivity index (χ0v) is 9.53. The number of nitrogens with two attached hydrogens (primary N) is 2. The van der Waals surface area contributed by atoms with E-state index in [1.54, 1.807) is 4.90 Å². The van der Waals surface area contributed by atoms with Crippen LogP contribution in [0, 0.1) is 0 Å². The van der Waals surface area contributed by atoms with E-state index in [4.69, 9.17) is 11.6 Å². The molecule has 0 aliphatic carbocycles. The van der Waals surface area contributed by atoms with Crippen LogP contribution < -0.4 is 11.6 Å². The lowest BCUT2D eigenvalue weighted by atomic mass is 10.2. The molecule has 0 aliphatic heterocycles. The van der Waals surface area contributed by atoms with Crippen LogP contribution >= 0.6 is 15.9 Å². The second kappa shape index (κ2) is 4.85. The summed E-state index contributed by atoms with van der Waals surface area (Å²) in [7, 11) is 1.84. The quantitative estimate of drug-likeness (QED) is 0.360. The highest BCUT2D eigenvalue weighted by Gasteiger charge is 2.01. The second-order valence-electron chi connectivity index (χ2n) is 2.97. The molecule has 0 unspecified atom stereocenters. The van der Waals surface area contributed by atoms with Gasteiger partial charge in [-0.25, -0.2) is 0 Å². The minimum Gasteiger partial charge on any atom is -0.368 e. The van der Waals surface area contributed by atoms with E-state index in [-0.39, 0.29) is 0 Å². The summed E-state index contributed by atoms with van der Waals surface area (Å²) in [5.74, 6) is 5.39. The van der Waals surface area contributed by atoms with Gasteiger partial charge in [-0.2, -0.15) is 0 Å². The Balaban J connectivity index is 2.65. The van der Waals surface area contributed by atoms with E-state index >= 15 is 0 Å². The van der Waals surface area contributed by atoms with Crippen LogP contribution in [0.1, 0.15) is 5.56 Å². The van der Waals surface area contributed by atoms with Crippen LogP contribution in [-0.4, -0.2) is 17.9 Å². The third kappa shape index (κ3) is 2.92. The Morgan fingerprint density at radius 1 is 1.43 bits per heavy atom. The number of guanidine groups is 1. The average molecular weight is 257 g/mol. The van der Waals surface area contributed by atoms with Crippen molar-refractivity contribution in [1.29, 1.82) is 0 Å². The van der Waals surface area contributed by atoms with E-state index in [0.29, 0.717) is 12.5 Å². The molecular formula is C9H13BrN4. The first kappa shape index (κ1) is 10.8. The van der Waals surface area contributed by atoms with Crippen LogP contribution in [0.5, 0.6) is 0 Å². The van der Waals surface area contributed by atoms with E-state index in [2.05, 4.69) is 21.0 Å². The van der Waals surface area contributed by atoms with Crippen molar-refractivity contribution in [2.24, 2.45) is 16.7 Å². The minimum atomic E-state index is 0.327. The molecule has 4 nitrogen and oxygen atoms in total. The van der Waals surface area contributed by atoms with Crippen molar-refractivity contribution in [2.45, 2.75) is 6.54 Å². The van der Waals surface area contributed by atoms with Gasteiger partial charge in [0.2, 0.25) is 5.96 Å². The number of hydrogen-bond acceptors (Lipinski definition) is 2. The lowest BCUT2D eigenvalue weighted by molar-refractivity contribution is 0.492. The van der Waals surface area contributed by atoms with Gasteiger partial charge in [-0.1, -0.05) is 28.1 Å². The van der Waals surface area contributed by atoms with Gasteiger partial charge in [-0.3, -0.25) is 0 Å².